The van der Waals surface area contributed by atoms with Crippen LogP contribution in [0.15, 0.2) is 34.1 Å². The zero-order chi connectivity index (χ0) is 7.98. The van der Waals surface area contributed by atoms with E-state index in [1.165, 1.54) is 3.58 Å². The summed E-state index contributed by atoms with van der Waals surface area (Å²) >= 11 is 2.27. The highest BCUT2D eigenvalue weighted by Gasteiger charge is 1.85. The van der Waals surface area contributed by atoms with E-state index in [0.717, 1.165) is 12.1 Å². The predicted octanol–water partition coefficient (Wildman–Crippen LogP) is 2.74. The second kappa shape index (κ2) is 5.53. The van der Waals surface area contributed by atoms with E-state index in [2.05, 4.69) is 36.1 Å². The molecule has 0 saturated heterocycles. The molecular formula is C8H12IN. The summed E-state index contributed by atoms with van der Waals surface area (Å²) < 4.78 is 1.26. The summed E-state index contributed by atoms with van der Waals surface area (Å²) in [4.78, 5) is 0. The Hall–Kier alpha value is -0.250. The Morgan fingerprint density at radius 2 is 2.30 bits per heavy atom. The standard InChI is InChI=1S/C8H12IN/c1-3-5-8(10)6-7(9)4-2/h3,5-6H,1,4,10H2,2H3/b7-6-,8-5+. The maximum atomic E-state index is 5.57. The lowest BCUT2D eigenvalue weighted by atomic mass is 10.3. The Labute approximate surface area is 75.8 Å². The number of hydrogen-bond acceptors (Lipinski definition) is 1. The molecule has 56 valence electrons. The van der Waals surface area contributed by atoms with Crippen molar-refractivity contribution in [3.8, 4) is 0 Å². The van der Waals surface area contributed by atoms with Crippen molar-refractivity contribution in [3.63, 3.8) is 0 Å². The average molecular weight is 249 g/mol. The first-order valence-corrected chi connectivity index (χ1v) is 4.22. The monoisotopic (exact) mass is 249 g/mol. The summed E-state index contributed by atoms with van der Waals surface area (Å²) in [6.07, 6.45) is 6.45. The van der Waals surface area contributed by atoms with Crippen molar-refractivity contribution < 1.29 is 0 Å². The van der Waals surface area contributed by atoms with Crippen LogP contribution in [0.3, 0.4) is 0 Å². The van der Waals surface area contributed by atoms with Crippen molar-refractivity contribution in [1.82, 2.24) is 0 Å². The largest absolute Gasteiger partial charge is 0.399 e. The maximum absolute atomic E-state index is 5.57. The Bertz CT molecular complexity index is 168. The van der Waals surface area contributed by atoms with Gasteiger partial charge in [0.15, 0.2) is 0 Å². The van der Waals surface area contributed by atoms with Crippen molar-refractivity contribution in [2.75, 3.05) is 0 Å². The van der Waals surface area contributed by atoms with Crippen molar-refractivity contribution >= 4 is 22.6 Å². The normalized spacial score (nSPS) is 13.4. The molecule has 0 amide bonds. The van der Waals surface area contributed by atoms with Crippen molar-refractivity contribution in [3.05, 3.63) is 34.1 Å². The van der Waals surface area contributed by atoms with Gasteiger partial charge in [0.2, 0.25) is 0 Å². The highest BCUT2D eigenvalue weighted by molar-refractivity contribution is 14.1. The van der Waals surface area contributed by atoms with E-state index in [-0.39, 0.29) is 0 Å². The third-order valence-electron chi connectivity index (χ3n) is 0.971. The fourth-order valence-corrected chi connectivity index (χ4v) is 0.827. The van der Waals surface area contributed by atoms with Gasteiger partial charge in [0, 0.05) is 5.70 Å². The quantitative estimate of drug-likeness (QED) is 0.604. The van der Waals surface area contributed by atoms with Gasteiger partial charge < -0.3 is 5.73 Å². The van der Waals surface area contributed by atoms with Gasteiger partial charge in [-0.15, -0.1) is 0 Å². The molecule has 0 aliphatic carbocycles. The summed E-state index contributed by atoms with van der Waals surface area (Å²) in [7, 11) is 0. The van der Waals surface area contributed by atoms with Crippen LogP contribution in [0.4, 0.5) is 0 Å². The van der Waals surface area contributed by atoms with Crippen LogP contribution in [-0.2, 0) is 0 Å². The molecule has 0 heterocycles. The molecule has 0 radical (unpaired) electrons. The minimum absolute atomic E-state index is 0.765. The zero-order valence-corrected chi connectivity index (χ0v) is 8.26. The third-order valence-corrected chi connectivity index (χ3v) is 2.05. The van der Waals surface area contributed by atoms with Crippen LogP contribution < -0.4 is 5.73 Å². The van der Waals surface area contributed by atoms with E-state index >= 15 is 0 Å². The summed E-state index contributed by atoms with van der Waals surface area (Å²) in [6, 6.07) is 0. The summed E-state index contributed by atoms with van der Waals surface area (Å²) in [5.41, 5.74) is 6.33. The van der Waals surface area contributed by atoms with Crippen LogP contribution in [-0.4, -0.2) is 0 Å². The lowest BCUT2D eigenvalue weighted by Gasteiger charge is -1.92. The van der Waals surface area contributed by atoms with E-state index in [1.807, 2.05) is 6.08 Å². The van der Waals surface area contributed by atoms with E-state index in [9.17, 15) is 0 Å². The van der Waals surface area contributed by atoms with Gasteiger partial charge >= 0.3 is 0 Å². The van der Waals surface area contributed by atoms with Crippen molar-refractivity contribution in [1.29, 1.82) is 0 Å². The molecule has 0 saturated carbocycles. The van der Waals surface area contributed by atoms with Crippen LogP contribution >= 0.6 is 22.6 Å². The van der Waals surface area contributed by atoms with Crippen LogP contribution in [0.1, 0.15) is 13.3 Å². The molecule has 1 nitrogen and oxygen atoms in total. The van der Waals surface area contributed by atoms with Crippen LogP contribution in [0.2, 0.25) is 0 Å². The molecule has 10 heavy (non-hydrogen) atoms. The molecule has 0 aromatic carbocycles. The Kier molecular flexibility index (Phi) is 5.39. The molecule has 0 bridgehead atoms. The Morgan fingerprint density at radius 1 is 1.70 bits per heavy atom. The smallest absolute Gasteiger partial charge is 0.0321 e. The van der Waals surface area contributed by atoms with Gasteiger partial charge in [-0.2, -0.15) is 0 Å². The van der Waals surface area contributed by atoms with Gasteiger partial charge in [-0.05, 0) is 44.7 Å². The fraction of sp³-hybridized carbons (Fsp3) is 0.250. The van der Waals surface area contributed by atoms with Gasteiger partial charge in [-0.1, -0.05) is 19.6 Å². The SMILES string of the molecule is C=C/C=C(N)\C=C(/I)CC. The highest BCUT2D eigenvalue weighted by atomic mass is 127. The fourth-order valence-electron chi connectivity index (χ4n) is 0.467. The summed E-state index contributed by atoms with van der Waals surface area (Å²) in [6.45, 7) is 5.64. The first-order valence-electron chi connectivity index (χ1n) is 3.15. The van der Waals surface area contributed by atoms with E-state index in [1.54, 1.807) is 12.2 Å². The Balaban J connectivity index is 4.11. The molecule has 0 rings (SSSR count). The van der Waals surface area contributed by atoms with Gasteiger partial charge in [0.05, 0.1) is 0 Å². The lowest BCUT2D eigenvalue weighted by molar-refractivity contribution is 1.20. The topological polar surface area (TPSA) is 26.0 Å². The number of hydrogen-bond donors (Lipinski definition) is 1. The lowest BCUT2D eigenvalue weighted by Crippen LogP contribution is -1.91. The molecule has 0 unspecified atom stereocenters. The van der Waals surface area contributed by atoms with E-state index in [4.69, 9.17) is 5.73 Å². The van der Waals surface area contributed by atoms with Crippen molar-refractivity contribution in [2.45, 2.75) is 13.3 Å². The molecular weight excluding hydrogens is 237 g/mol. The molecule has 0 aliphatic heterocycles. The predicted molar refractivity (Wildman–Crippen MR) is 54.9 cm³/mol. The van der Waals surface area contributed by atoms with Gasteiger partial charge in [-0.3, -0.25) is 0 Å². The number of allylic oxidation sites excluding steroid dienone is 4. The molecule has 0 aliphatic rings. The van der Waals surface area contributed by atoms with Crippen molar-refractivity contribution in [2.24, 2.45) is 5.73 Å². The van der Waals surface area contributed by atoms with Gasteiger partial charge in [0.25, 0.3) is 0 Å². The Morgan fingerprint density at radius 3 is 2.70 bits per heavy atom. The van der Waals surface area contributed by atoms with Gasteiger partial charge in [0.1, 0.15) is 0 Å². The number of rotatable bonds is 3. The first kappa shape index (κ1) is 9.75. The molecule has 0 fully saturated rings. The zero-order valence-electron chi connectivity index (χ0n) is 6.10. The van der Waals surface area contributed by atoms with Gasteiger partial charge in [-0.25, -0.2) is 0 Å². The molecule has 2 heteroatoms. The van der Waals surface area contributed by atoms with E-state index in [0.29, 0.717) is 0 Å². The molecule has 2 N–H and O–H groups in total. The molecule has 0 aromatic rings. The summed E-state index contributed by atoms with van der Waals surface area (Å²) in [5.74, 6) is 0. The number of nitrogens with two attached hydrogens (primary N) is 1. The van der Waals surface area contributed by atoms with Crippen LogP contribution in [0, 0.1) is 0 Å². The number of halogens is 1. The molecule has 0 aromatic heterocycles. The minimum atomic E-state index is 0.765. The van der Waals surface area contributed by atoms with E-state index < -0.39 is 0 Å². The second-order valence-electron chi connectivity index (χ2n) is 1.85. The first-order chi connectivity index (χ1) is 4.70. The highest BCUT2D eigenvalue weighted by Crippen LogP contribution is 2.11. The second-order valence-corrected chi connectivity index (χ2v) is 3.23. The minimum Gasteiger partial charge on any atom is -0.399 e. The summed E-state index contributed by atoms with van der Waals surface area (Å²) in [5, 5.41) is 0. The molecule has 0 atom stereocenters. The van der Waals surface area contributed by atoms with Crippen LogP contribution in [0.5, 0.6) is 0 Å². The maximum Gasteiger partial charge on any atom is 0.0321 e. The average Bonchev–Trinajstić information content (AvgIpc) is 1.88. The van der Waals surface area contributed by atoms with Crippen LogP contribution in [0.25, 0.3) is 0 Å². The third kappa shape index (κ3) is 4.61. The molecule has 0 spiro atoms.